The lowest BCUT2D eigenvalue weighted by Gasteiger charge is -2.38. The number of rotatable bonds is 5. The monoisotopic (exact) mass is 446 g/mol. The fourth-order valence-electron chi connectivity index (χ4n) is 2.93. The van der Waals surface area contributed by atoms with Crippen LogP contribution in [0.4, 0.5) is 18.9 Å². The summed E-state index contributed by atoms with van der Waals surface area (Å²) in [6.07, 6.45) is -3.81. The summed E-state index contributed by atoms with van der Waals surface area (Å²) < 4.78 is 47.0. The van der Waals surface area contributed by atoms with E-state index < -0.39 is 30.5 Å². The number of anilines is 1. The Bertz CT molecular complexity index is 867. The molecule has 3 rings (SSSR count). The highest BCUT2D eigenvalue weighted by atomic mass is 35.5. The molecule has 4 N–H and O–H groups in total. The normalized spacial score (nSPS) is 21.4. The first-order valence-electron chi connectivity index (χ1n) is 8.86. The van der Waals surface area contributed by atoms with Gasteiger partial charge in [0.2, 0.25) is 0 Å². The number of carbonyl (C=O) groups is 1. The molecule has 0 aliphatic carbocycles. The van der Waals surface area contributed by atoms with Crippen LogP contribution in [0.1, 0.15) is 23.0 Å². The Balaban J connectivity index is 0.00000320. The first-order chi connectivity index (χ1) is 13.6. The third kappa shape index (κ3) is 6.30. The van der Waals surface area contributed by atoms with E-state index in [2.05, 4.69) is 20.4 Å². The molecule has 0 saturated carbocycles. The molecule has 11 heteroatoms. The van der Waals surface area contributed by atoms with E-state index in [4.69, 9.17) is 10.5 Å². The van der Waals surface area contributed by atoms with E-state index in [1.165, 1.54) is 12.1 Å². The van der Waals surface area contributed by atoms with Crippen LogP contribution in [0.3, 0.4) is 0 Å². The molecule has 1 aromatic carbocycles. The van der Waals surface area contributed by atoms with Crippen molar-refractivity contribution >= 4 is 24.0 Å². The Morgan fingerprint density at radius 3 is 2.80 bits per heavy atom. The van der Waals surface area contributed by atoms with Crippen molar-refractivity contribution in [3.63, 3.8) is 0 Å². The maximum absolute atomic E-state index is 12.4. The molecule has 2 unspecified atom stereocenters. The lowest BCUT2D eigenvalue weighted by atomic mass is 9.94. The van der Waals surface area contributed by atoms with Crippen molar-refractivity contribution in [2.24, 2.45) is 5.73 Å². The summed E-state index contributed by atoms with van der Waals surface area (Å²) in [6.45, 7) is 1.60. The predicted molar refractivity (Wildman–Crippen MR) is 107 cm³/mol. The second kappa shape index (κ2) is 9.61. The maximum Gasteiger partial charge on any atom is 0.422 e. The van der Waals surface area contributed by atoms with Crippen LogP contribution in [0.5, 0.6) is 5.75 Å². The number of hydrogen-bond donors (Lipinski definition) is 3. The van der Waals surface area contributed by atoms with Gasteiger partial charge in [-0.25, -0.2) is 4.98 Å². The number of benzene rings is 1. The molecule has 0 radical (unpaired) electrons. The van der Waals surface area contributed by atoms with Crippen LogP contribution in [-0.2, 0) is 10.3 Å². The zero-order chi connectivity index (χ0) is 21.1. The van der Waals surface area contributed by atoms with Gasteiger partial charge in [0, 0.05) is 18.8 Å². The lowest BCUT2D eigenvalue weighted by molar-refractivity contribution is -0.153. The van der Waals surface area contributed by atoms with Gasteiger partial charge in [-0.1, -0.05) is 12.1 Å². The fraction of sp³-hybridized carbons (Fsp3) is 0.368. The van der Waals surface area contributed by atoms with Gasteiger partial charge in [-0.2, -0.15) is 13.2 Å². The second-order valence-electron chi connectivity index (χ2n) is 6.84. The standard InChI is InChI=1S/C19H21F3N4O3.ClH/c1-18(10-24-9-16(23)29-18)12-3-2-4-13(7-12)26-17(27)15-6-5-14(8-25-15)28-11-19(20,21)22;/h2-8,16,24H,9-11,23H2,1H3,(H,26,27);1H. The quantitative estimate of drug-likeness (QED) is 0.653. The Morgan fingerprint density at radius 2 is 2.17 bits per heavy atom. The predicted octanol–water partition coefficient (Wildman–Crippen LogP) is 2.82. The fourth-order valence-corrected chi connectivity index (χ4v) is 2.93. The van der Waals surface area contributed by atoms with Crippen molar-refractivity contribution in [1.82, 2.24) is 10.3 Å². The minimum atomic E-state index is -4.45. The molecule has 1 fully saturated rings. The van der Waals surface area contributed by atoms with Gasteiger partial charge in [0.05, 0.1) is 6.20 Å². The molecule has 1 amide bonds. The number of amides is 1. The number of nitrogens with zero attached hydrogens (tertiary/aromatic N) is 1. The van der Waals surface area contributed by atoms with Gasteiger partial charge in [0.25, 0.3) is 5.91 Å². The van der Waals surface area contributed by atoms with Crippen LogP contribution < -0.4 is 21.1 Å². The van der Waals surface area contributed by atoms with Crippen molar-refractivity contribution < 1.29 is 27.4 Å². The largest absolute Gasteiger partial charge is 0.483 e. The Kier molecular flexibility index (Phi) is 7.64. The summed E-state index contributed by atoms with van der Waals surface area (Å²) in [6, 6.07) is 9.69. The number of ether oxygens (including phenoxy) is 2. The van der Waals surface area contributed by atoms with E-state index in [-0.39, 0.29) is 23.9 Å². The van der Waals surface area contributed by atoms with Crippen molar-refractivity contribution in [3.05, 3.63) is 53.9 Å². The first-order valence-corrected chi connectivity index (χ1v) is 8.86. The Hall–Kier alpha value is -2.40. The highest BCUT2D eigenvalue weighted by Gasteiger charge is 2.33. The van der Waals surface area contributed by atoms with Gasteiger partial charge in [-0.05, 0) is 36.8 Å². The molecule has 1 saturated heterocycles. The van der Waals surface area contributed by atoms with E-state index in [0.717, 1.165) is 11.8 Å². The number of morpholine rings is 1. The van der Waals surface area contributed by atoms with E-state index in [1.54, 1.807) is 18.2 Å². The van der Waals surface area contributed by atoms with E-state index >= 15 is 0 Å². The van der Waals surface area contributed by atoms with Gasteiger partial charge in [0.15, 0.2) is 6.61 Å². The lowest BCUT2D eigenvalue weighted by Crippen LogP contribution is -2.53. The molecule has 30 heavy (non-hydrogen) atoms. The molecule has 1 aliphatic rings. The van der Waals surface area contributed by atoms with Crippen molar-refractivity contribution in [2.75, 3.05) is 25.0 Å². The third-order valence-electron chi connectivity index (χ3n) is 4.32. The van der Waals surface area contributed by atoms with E-state index in [1.807, 2.05) is 13.0 Å². The second-order valence-corrected chi connectivity index (χ2v) is 6.84. The molecule has 2 atom stereocenters. The van der Waals surface area contributed by atoms with Gasteiger partial charge in [0.1, 0.15) is 23.3 Å². The minimum absolute atomic E-state index is 0. The summed E-state index contributed by atoms with van der Waals surface area (Å²) >= 11 is 0. The average molecular weight is 447 g/mol. The highest BCUT2D eigenvalue weighted by Crippen LogP contribution is 2.29. The van der Waals surface area contributed by atoms with Gasteiger partial charge < -0.3 is 25.8 Å². The zero-order valence-corrected chi connectivity index (χ0v) is 16.8. The van der Waals surface area contributed by atoms with Gasteiger partial charge in [-0.15, -0.1) is 12.4 Å². The molecule has 0 spiro atoms. The summed E-state index contributed by atoms with van der Waals surface area (Å²) in [7, 11) is 0. The van der Waals surface area contributed by atoms with Crippen molar-refractivity contribution in [3.8, 4) is 5.75 Å². The topological polar surface area (TPSA) is 98.5 Å². The average Bonchev–Trinajstić information content (AvgIpc) is 2.66. The number of hydrogen-bond acceptors (Lipinski definition) is 6. The molecule has 7 nitrogen and oxygen atoms in total. The van der Waals surface area contributed by atoms with Crippen LogP contribution in [0.2, 0.25) is 0 Å². The molecule has 1 aromatic heterocycles. The molecule has 0 bridgehead atoms. The van der Waals surface area contributed by atoms with Crippen LogP contribution in [-0.4, -0.2) is 43.0 Å². The molecular formula is C19H22ClF3N4O3. The number of carbonyl (C=O) groups excluding carboxylic acids is 1. The number of nitrogens with one attached hydrogen (secondary N) is 2. The number of halogens is 4. The summed E-state index contributed by atoms with van der Waals surface area (Å²) in [5.41, 5.74) is 6.62. The van der Waals surface area contributed by atoms with E-state index in [9.17, 15) is 18.0 Å². The SMILES string of the molecule is CC1(c2cccc(NC(=O)c3ccc(OCC(F)(F)F)cn3)c2)CNCC(N)O1.Cl. The Morgan fingerprint density at radius 1 is 1.40 bits per heavy atom. The van der Waals surface area contributed by atoms with Crippen LogP contribution in [0, 0.1) is 0 Å². The smallest absolute Gasteiger partial charge is 0.422 e. The summed E-state index contributed by atoms with van der Waals surface area (Å²) in [5.74, 6) is -0.582. The summed E-state index contributed by atoms with van der Waals surface area (Å²) in [4.78, 5) is 16.3. The minimum Gasteiger partial charge on any atom is -0.483 e. The first kappa shape index (κ1) is 23.9. The molecule has 2 heterocycles. The third-order valence-corrected chi connectivity index (χ3v) is 4.32. The van der Waals surface area contributed by atoms with Crippen molar-refractivity contribution in [1.29, 1.82) is 0 Å². The number of alkyl halides is 3. The van der Waals surface area contributed by atoms with Crippen molar-refractivity contribution in [2.45, 2.75) is 24.9 Å². The summed E-state index contributed by atoms with van der Waals surface area (Å²) in [5, 5.41) is 5.92. The van der Waals surface area contributed by atoms with Crippen LogP contribution >= 0.6 is 12.4 Å². The van der Waals surface area contributed by atoms with Gasteiger partial charge >= 0.3 is 6.18 Å². The zero-order valence-electron chi connectivity index (χ0n) is 16.0. The molecule has 1 aliphatic heterocycles. The number of pyridine rings is 1. The highest BCUT2D eigenvalue weighted by molar-refractivity contribution is 6.02. The Labute approximate surface area is 177 Å². The number of nitrogens with two attached hydrogens (primary N) is 1. The molecular weight excluding hydrogens is 425 g/mol. The van der Waals surface area contributed by atoms with Crippen LogP contribution in [0.15, 0.2) is 42.6 Å². The molecule has 2 aromatic rings. The maximum atomic E-state index is 12.4. The molecule has 164 valence electrons. The number of aromatic nitrogens is 1. The van der Waals surface area contributed by atoms with Crippen LogP contribution in [0.25, 0.3) is 0 Å². The van der Waals surface area contributed by atoms with E-state index in [0.29, 0.717) is 18.8 Å². The van der Waals surface area contributed by atoms with Gasteiger partial charge in [-0.3, -0.25) is 4.79 Å².